The lowest BCUT2D eigenvalue weighted by molar-refractivity contribution is 0.576. The second-order valence-electron chi connectivity index (χ2n) is 5.02. The fourth-order valence-corrected chi connectivity index (χ4v) is 3.54. The van der Waals surface area contributed by atoms with Gasteiger partial charge in [-0.3, -0.25) is 0 Å². The van der Waals surface area contributed by atoms with Crippen LogP contribution in [0, 0.1) is 0 Å². The fourth-order valence-electron chi connectivity index (χ4n) is 1.90. The van der Waals surface area contributed by atoms with E-state index in [2.05, 4.69) is 23.9 Å². The molecule has 1 aromatic rings. The van der Waals surface area contributed by atoms with E-state index in [1.54, 1.807) is 23.9 Å². The molecule has 4 nitrogen and oxygen atoms in total. The molecule has 21 heavy (non-hydrogen) atoms. The second kappa shape index (κ2) is 9.46. The Bertz CT molecular complexity index is 518. The maximum absolute atomic E-state index is 12.4. The molecular formula is C15H26N2O2S2. The van der Waals surface area contributed by atoms with Crippen molar-refractivity contribution in [3.05, 3.63) is 29.8 Å². The van der Waals surface area contributed by atoms with E-state index in [1.165, 1.54) is 0 Å². The zero-order valence-electron chi connectivity index (χ0n) is 13.1. The van der Waals surface area contributed by atoms with Crippen molar-refractivity contribution in [2.45, 2.75) is 43.4 Å². The Morgan fingerprint density at radius 1 is 1.24 bits per heavy atom. The highest BCUT2D eigenvalue weighted by atomic mass is 32.2. The van der Waals surface area contributed by atoms with Crippen LogP contribution in [0.15, 0.2) is 29.2 Å². The Morgan fingerprint density at radius 3 is 2.62 bits per heavy atom. The lowest BCUT2D eigenvalue weighted by atomic mass is 10.2. The summed E-state index contributed by atoms with van der Waals surface area (Å²) in [5, 5.41) is 3.70. The molecule has 0 aliphatic carbocycles. The molecule has 120 valence electrons. The molecule has 1 atom stereocenters. The van der Waals surface area contributed by atoms with Crippen LogP contribution < -0.4 is 10.0 Å². The third kappa shape index (κ3) is 6.38. The van der Waals surface area contributed by atoms with Gasteiger partial charge in [0.25, 0.3) is 0 Å². The van der Waals surface area contributed by atoms with Gasteiger partial charge < -0.3 is 5.32 Å². The van der Waals surface area contributed by atoms with E-state index in [4.69, 9.17) is 0 Å². The van der Waals surface area contributed by atoms with Crippen molar-refractivity contribution in [2.75, 3.05) is 19.3 Å². The summed E-state index contributed by atoms with van der Waals surface area (Å²) in [6.45, 7) is 6.12. The van der Waals surface area contributed by atoms with Crippen LogP contribution >= 0.6 is 11.8 Å². The topological polar surface area (TPSA) is 58.2 Å². The molecule has 0 aliphatic heterocycles. The van der Waals surface area contributed by atoms with Crippen LogP contribution in [-0.4, -0.2) is 33.0 Å². The Balaban J connectivity index is 2.73. The zero-order chi connectivity index (χ0) is 15.7. The van der Waals surface area contributed by atoms with Gasteiger partial charge in [-0.2, -0.15) is 11.8 Å². The fraction of sp³-hybridized carbons (Fsp3) is 0.600. The first-order valence-corrected chi connectivity index (χ1v) is 10.1. The lowest BCUT2D eigenvalue weighted by Gasteiger charge is -2.13. The van der Waals surface area contributed by atoms with Crippen molar-refractivity contribution in [3.8, 4) is 0 Å². The summed E-state index contributed by atoms with van der Waals surface area (Å²) in [7, 11) is -3.43. The van der Waals surface area contributed by atoms with Gasteiger partial charge in [0.15, 0.2) is 0 Å². The molecule has 6 heteroatoms. The molecule has 0 bridgehead atoms. The average Bonchev–Trinajstić information content (AvgIpc) is 2.47. The Morgan fingerprint density at radius 2 is 1.95 bits per heavy atom. The quantitative estimate of drug-likeness (QED) is 0.648. The second-order valence-corrected chi connectivity index (χ2v) is 8.03. The Labute approximate surface area is 133 Å². The van der Waals surface area contributed by atoms with Crippen LogP contribution in [0.5, 0.6) is 0 Å². The van der Waals surface area contributed by atoms with Gasteiger partial charge in [0.1, 0.15) is 0 Å². The van der Waals surface area contributed by atoms with Gasteiger partial charge in [-0.05, 0) is 37.3 Å². The molecule has 0 radical (unpaired) electrons. The van der Waals surface area contributed by atoms with E-state index in [9.17, 15) is 8.42 Å². The van der Waals surface area contributed by atoms with Crippen LogP contribution in [0.2, 0.25) is 0 Å². The molecule has 1 unspecified atom stereocenters. The van der Waals surface area contributed by atoms with Gasteiger partial charge in [-0.25, -0.2) is 13.1 Å². The summed E-state index contributed by atoms with van der Waals surface area (Å²) in [6.07, 6.45) is 3.89. The molecule has 0 aromatic heterocycles. The SMILES string of the molecule is CCCNCc1ccccc1S(=O)(=O)NCCC(C)SC. The molecule has 0 saturated carbocycles. The zero-order valence-corrected chi connectivity index (χ0v) is 14.7. The highest BCUT2D eigenvalue weighted by Crippen LogP contribution is 2.16. The van der Waals surface area contributed by atoms with E-state index < -0.39 is 10.0 Å². The molecule has 0 saturated heterocycles. The molecule has 0 amide bonds. The number of rotatable bonds is 10. The predicted octanol–water partition coefficient (Wildman–Crippen LogP) is 2.61. The summed E-state index contributed by atoms with van der Waals surface area (Å²) in [6, 6.07) is 7.17. The highest BCUT2D eigenvalue weighted by molar-refractivity contribution is 7.99. The maximum atomic E-state index is 12.4. The first-order chi connectivity index (χ1) is 10.0. The van der Waals surface area contributed by atoms with Crippen molar-refractivity contribution in [1.82, 2.24) is 10.0 Å². The van der Waals surface area contributed by atoms with Crippen molar-refractivity contribution >= 4 is 21.8 Å². The van der Waals surface area contributed by atoms with Crippen LogP contribution in [-0.2, 0) is 16.6 Å². The molecule has 2 N–H and O–H groups in total. The minimum absolute atomic E-state index is 0.380. The van der Waals surface area contributed by atoms with Crippen LogP contribution in [0.3, 0.4) is 0 Å². The van der Waals surface area contributed by atoms with Crippen molar-refractivity contribution in [3.63, 3.8) is 0 Å². The molecule has 0 fully saturated rings. The van der Waals surface area contributed by atoms with Crippen LogP contribution in [0.4, 0.5) is 0 Å². The normalized spacial score (nSPS) is 13.3. The summed E-state index contributed by atoms with van der Waals surface area (Å²) in [5.41, 5.74) is 0.816. The van der Waals surface area contributed by atoms with Gasteiger partial charge in [0.2, 0.25) is 10.0 Å². The molecule has 0 spiro atoms. The first kappa shape index (κ1) is 18.5. The number of thioether (sulfide) groups is 1. The van der Waals surface area contributed by atoms with Crippen LogP contribution in [0.25, 0.3) is 0 Å². The summed E-state index contributed by atoms with van der Waals surface area (Å²) in [4.78, 5) is 0.380. The molecule has 0 aliphatic rings. The van der Waals surface area contributed by atoms with Gasteiger partial charge in [-0.15, -0.1) is 0 Å². The minimum atomic E-state index is -3.43. The monoisotopic (exact) mass is 330 g/mol. The predicted molar refractivity (Wildman–Crippen MR) is 91.2 cm³/mol. The van der Waals surface area contributed by atoms with Gasteiger partial charge in [-0.1, -0.05) is 32.0 Å². The van der Waals surface area contributed by atoms with Crippen LogP contribution in [0.1, 0.15) is 32.3 Å². The van der Waals surface area contributed by atoms with E-state index >= 15 is 0 Å². The molecular weight excluding hydrogens is 304 g/mol. The largest absolute Gasteiger partial charge is 0.313 e. The molecule has 1 rings (SSSR count). The number of nitrogens with one attached hydrogen (secondary N) is 2. The van der Waals surface area contributed by atoms with E-state index in [-0.39, 0.29) is 0 Å². The maximum Gasteiger partial charge on any atom is 0.240 e. The molecule has 1 aromatic carbocycles. The van der Waals surface area contributed by atoms with E-state index in [0.29, 0.717) is 23.2 Å². The van der Waals surface area contributed by atoms with Gasteiger partial charge in [0.05, 0.1) is 4.90 Å². The van der Waals surface area contributed by atoms with Crippen molar-refractivity contribution < 1.29 is 8.42 Å². The Kier molecular flexibility index (Phi) is 8.33. The number of hydrogen-bond acceptors (Lipinski definition) is 4. The van der Waals surface area contributed by atoms with Crippen molar-refractivity contribution in [1.29, 1.82) is 0 Å². The van der Waals surface area contributed by atoms with Crippen molar-refractivity contribution in [2.24, 2.45) is 0 Å². The van der Waals surface area contributed by atoms with E-state index in [1.807, 2.05) is 18.4 Å². The summed E-state index contributed by atoms with van der Waals surface area (Å²) >= 11 is 1.74. The lowest BCUT2D eigenvalue weighted by Crippen LogP contribution is -2.28. The third-order valence-electron chi connectivity index (χ3n) is 3.25. The average molecular weight is 331 g/mol. The first-order valence-electron chi connectivity index (χ1n) is 7.32. The highest BCUT2D eigenvalue weighted by Gasteiger charge is 2.17. The number of hydrogen-bond donors (Lipinski definition) is 2. The smallest absolute Gasteiger partial charge is 0.240 e. The number of benzene rings is 1. The Hall–Kier alpha value is -0.560. The summed E-state index contributed by atoms with van der Waals surface area (Å²) in [5.74, 6) is 0. The van der Waals surface area contributed by atoms with E-state index in [0.717, 1.165) is 24.9 Å². The molecule has 0 heterocycles. The standard InChI is InChI=1S/C15H26N2O2S2/c1-4-10-16-12-14-7-5-6-8-15(14)21(18,19)17-11-9-13(2)20-3/h5-8,13,16-17H,4,9-12H2,1-3H3. The van der Waals surface area contributed by atoms with Gasteiger partial charge >= 0.3 is 0 Å². The third-order valence-corrected chi connectivity index (χ3v) is 5.85. The number of sulfonamides is 1. The minimum Gasteiger partial charge on any atom is -0.313 e. The van der Waals surface area contributed by atoms with Gasteiger partial charge in [0, 0.05) is 18.3 Å². The summed E-state index contributed by atoms with van der Waals surface area (Å²) < 4.78 is 27.5.